The number of piperidine rings is 1. The summed E-state index contributed by atoms with van der Waals surface area (Å²) >= 11 is 7.11. The van der Waals surface area contributed by atoms with E-state index in [1.807, 2.05) is 78.9 Å². The van der Waals surface area contributed by atoms with E-state index in [2.05, 4.69) is 48.5 Å². The average molecular weight is 880 g/mol. The molecule has 1 saturated heterocycles. The van der Waals surface area contributed by atoms with Crippen LogP contribution in [0.15, 0.2) is 127 Å². The number of likely N-dealkylation sites (N-methyl/N-ethyl adjacent to an activating group) is 1. The lowest BCUT2D eigenvalue weighted by Gasteiger charge is -2.37. The summed E-state index contributed by atoms with van der Waals surface area (Å²) in [6.45, 7) is 1.21. The van der Waals surface area contributed by atoms with E-state index < -0.39 is 23.7 Å². The molecule has 0 spiro atoms. The fourth-order valence-corrected chi connectivity index (χ4v) is 10.7. The first-order chi connectivity index (χ1) is 31.3. The Labute approximate surface area is 385 Å². The van der Waals surface area contributed by atoms with Gasteiger partial charge >= 0.3 is 12.1 Å². The summed E-state index contributed by atoms with van der Waals surface area (Å²) in [6, 6.07) is 41.0. The number of esters is 1. The maximum atomic E-state index is 14.9. The molecule has 2 fully saturated rings. The van der Waals surface area contributed by atoms with Crippen LogP contribution >= 0.6 is 11.6 Å². The molecule has 0 bridgehead atoms. The molecule has 8 heteroatoms. The quantitative estimate of drug-likeness (QED) is 0.0976. The first kappa shape index (κ1) is 45.2. The molecule has 1 saturated carbocycles. The third-order valence-corrected chi connectivity index (χ3v) is 14.3. The Morgan fingerprint density at radius 2 is 1.16 bits per heavy atom. The second kappa shape index (κ2) is 21.5. The number of fused-ring (bicyclic) bond motifs is 3. The van der Waals surface area contributed by atoms with Gasteiger partial charge in [-0.25, -0.2) is 4.79 Å². The zero-order chi connectivity index (χ0) is 44.3. The minimum Gasteiger partial charge on any atom is -0.448 e. The number of nitrogens with zero attached hydrogens (tertiary/aromatic N) is 2. The van der Waals surface area contributed by atoms with Gasteiger partial charge < -0.3 is 14.4 Å². The summed E-state index contributed by atoms with van der Waals surface area (Å²) in [7, 11) is 1.55. The lowest BCUT2D eigenvalue weighted by molar-refractivity contribution is -0.157. The van der Waals surface area contributed by atoms with Gasteiger partial charge in [0.2, 0.25) is 5.91 Å². The van der Waals surface area contributed by atoms with Gasteiger partial charge in [-0.2, -0.15) is 0 Å². The zero-order valence-corrected chi connectivity index (χ0v) is 38.2. The van der Waals surface area contributed by atoms with Crippen LogP contribution in [0.5, 0.6) is 0 Å². The van der Waals surface area contributed by atoms with Crippen molar-refractivity contribution in [2.24, 2.45) is 0 Å². The van der Waals surface area contributed by atoms with Crippen LogP contribution in [0.25, 0.3) is 11.1 Å². The van der Waals surface area contributed by atoms with E-state index in [1.165, 1.54) is 68.3 Å². The van der Waals surface area contributed by atoms with Gasteiger partial charge in [0.25, 0.3) is 0 Å². The van der Waals surface area contributed by atoms with Crippen molar-refractivity contribution in [1.29, 1.82) is 0 Å². The first-order valence-electron chi connectivity index (χ1n) is 23.8. The monoisotopic (exact) mass is 878 g/mol. The summed E-state index contributed by atoms with van der Waals surface area (Å²) in [5.41, 5.74) is 6.34. The van der Waals surface area contributed by atoms with Crippen molar-refractivity contribution in [3.8, 4) is 11.1 Å². The SMILES string of the molecule is CN(C(=O)OCC1c2ccccc2-c2ccccc21)[C@@H](CC(=O)OC(c1ccccc1)(c1ccc(C2CCCCCCCCCCC2)cc1)c1ccccc1Cl)C(=O)N1CCCCC1. The molecule has 64 heavy (non-hydrogen) atoms. The van der Waals surface area contributed by atoms with Crippen LogP contribution in [-0.4, -0.2) is 60.6 Å². The predicted octanol–water partition coefficient (Wildman–Crippen LogP) is 13.2. The van der Waals surface area contributed by atoms with Crippen molar-refractivity contribution in [2.45, 2.75) is 120 Å². The fraction of sp³-hybridized carbons (Fsp3) is 0.411. The number of likely N-dealkylation sites (tertiary alicyclic amines) is 1. The van der Waals surface area contributed by atoms with Gasteiger partial charge in [0.1, 0.15) is 12.6 Å². The zero-order valence-electron chi connectivity index (χ0n) is 37.4. The Morgan fingerprint density at radius 3 is 1.77 bits per heavy atom. The number of carbonyl (C=O) groups excluding carboxylic acids is 3. The molecule has 0 radical (unpaired) electrons. The number of benzene rings is 5. The van der Waals surface area contributed by atoms with Crippen LogP contribution < -0.4 is 0 Å². The molecule has 1 heterocycles. The lowest BCUT2D eigenvalue weighted by atomic mass is 9.78. The van der Waals surface area contributed by atoms with Crippen molar-refractivity contribution >= 4 is 29.6 Å². The van der Waals surface area contributed by atoms with Gasteiger partial charge in [-0.05, 0) is 71.9 Å². The number of ether oxygens (including phenoxy) is 2. The highest BCUT2D eigenvalue weighted by Gasteiger charge is 2.44. The average Bonchev–Trinajstić information content (AvgIpc) is 3.65. The van der Waals surface area contributed by atoms with Crippen molar-refractivity contribution < 1.29 is 23.9 Å². The standard InChI is InChI=1S/C56H63ClN2O5/c1-58(55(62)63-40-49-47-29-17-15-27-45(47)46-28-16-18-30-48(46)49)52(54(61)59-37-21-10-22-38-59)39-53(60)64-56(43-25-13-9-14-26-43,50-31-19-20-32-51(50)57)44-35-33-42(34-36-44)41-23-11-7-5-3-2-4-6-8-12-24-41/h9,13-20,25-36,41,49,52H,2-8,10-12,21-24,37-40H2,1H3/t52-,56?/m0/s1. The van der Waals surface area contributed by atoms with Gasteiger partial charge in [-0.3, -0.25) is 14.5 Å². The third kappa shape index (κ3) is 10.1. The second-order valence-corrected chi connectivity index (χ2v) is 18.5. The molecular weight excluding hydrogens is 816 g/mol. The minimum absolute atomic E-state index is 0.0900. The van der Waals surface area contributed by atoms with Gasteiger partial charge in [-0.15, -0.1) is 0 Å². The molecule has 1 unspecified atom stereocenters. The van der Waals surface area contributed by atoms with E-state index in [-0.39, 0.29) is 24.9 Å². The molecule has 3 aliphatic rings. The molecular formula is C56H63ClN2O5. The fourth-order valence-electron chi connectivity index (χ4n) is 10.5. The molecule has 2 amide bonds. The Bertz CT molecular complexity index is 2290. The molecule has 2 aliphatic carbocycles. The van der Waals surface area contributed by atoms with Crippen LogP contribution in [-0.2, 0) is 24.7 Å². The molecule has 7 nitrogen and oxygen atoms in total. The van der Waals surface area contributed by atoms with Crippen LogP contribution in [0.4, 0.5) is 4.79 Å². The highest BCUT2D eigenvalue weighted by atomic mass is 35.5. The Kier molecular flexibility index (Phi) is 15.2. The normalized spacial score (nSPS) is 17.7. The summed E-state index contributed by atoms with van der Waals surface area (Å²) in [4.78, 5) is 46.7. The van der Waals surface area contributed by atoms with Crippen LogP contribution in [0, 0.1) is 0 Å². The predicted molar refractivity (Wildman–Crippen MR) is 256 cm³/mol. The summed E-state index contributed by atoms with van der Waals surface area (Å²) in [5.74, 6) is -0.634. The largest absolute Gasteiger partial charge is 0.448 e. The first-order valence-corrected chi connectivity index (χ1v) is 24.2. The van der Waals surface area contributed by atoms with Gasteiger partial charge in [0.05, 0.1) is 6.42 Å². The molecule has 0 aromatic heterocycles. The third-order valence-electron chi connectivity index (χ3n) is 14.0. The van der Waals surface area contributed by atoms with E-state index in [1.54, 1.807) is 11.9 Å². The van der Waals surface area contributed by atoms with E-state index in [9.17, 15) is 14.4 Å². The topological polar surface area (TPSA) is 76.1 Å². The summed E-state index contributed by atoms with van der Waals surface area (Å²) in [6.07, 6.45) is 15.6. The van der Waals surface area contributed by atoms with Gasteiger partial charge in [0.15, 0.2) is 5.60 Å². The Morgan fingerprint density at radius 1 is 0.641 bits per heavy atom. The Hall–Kier alpha value is -5.40. The molecule has 0 N–H and O–H groups in total. The van der Waals surface area contributed by atoms with Crippen LogP contribution in [0.3, 0.4) is 0 Å². The van der Waals surface area contributed by atoms with Crippen molar-refractivity contribution in [3.63, 3.8) is 0 Å². The van der Waals surface area contributed by atoms with E-state index >= 15 is 0 Å². The maximum Gasteiger partial charge on any atom is 0.410 e. The molecule has 2 atom stereocenters. The number of rotatable bonds is 11. The number of carbonyl (C=O) groups is 3. The second-order valence-electron chi connectivity index (χ2n) is 18.1. The summed E-state index contributed by atoms with van der Waals surface area (Å²) < 4.78 is 13.0. The van der Waals surface area contributed by atoms with Gasteiger partial charge in [0, 0.05) is 47.8 Å². The molecule has 8 rings (SSSR count). The highest BCUT2D eigenvalue weighted by Crippen LogP contribution is 2.46. The summed E-state index contributed by atoms with van der Waals surface area (Å²) in [5, 5.41) is 0.444. The smallest absolute Gasteiger partial charge is 0.410 e. The minimum atomic E-state index is -1.47. The van der Waals surface area contributed by atoms with Crippen LogP contribution in [0.2, 0.25) is 5.02 Å². The van der Waals surface area contributed by atoms with E-state index in [4.69, 9.17) is 21.1 Å². The van der Waals surface area contributed by atoms with E-state index in [0.29, 0.717) is 29.6 Å². The lowest BCUT2D eigenvalue weighted by Crippen LogP contribution is -2.52. The number of amides is 2. The molecule has 5 aromatic rings. The highest BCUT2D eigenvalue weighted by molar-refractivity contribution is 6.31. The molecule has 334 valence electrons. The molecule has 1 aliphatic heterocycles. The molecule has 5 aromatic carbocycles. The number of hydrogen-bond acceptors (Lipinski definition) is 5. The Balaban J connectivity index is 1.10. The van der Waals surface area contributed by atoms with Crippen molar-refractivity contribution in [2.75, 3.05) is 26.7 Å². The van der Waals surface area contributed by atoms with E-state index in [0.717, 1.165) is 65.5 Å². The van der Waals surface area contributed by atoms with Crippen LogP contribution in [0.1, 0.15) is 142 Å². The number of hydrogen-bond donors (Lipinski definition) is 0. The van der Waals surface area contributed by atoms with Gasteiger partial charge in [-0.1, -0.05) is 191 Å². The van der Waals surface area contributed by atoms with Crippen molar-refractivity contribution in [3.05, 3.63) is 166 Å². The van der Waals surface area contributed by atoms with Crippen molar-refractivity contribution in [1.82, 2.24) is 9.80 Å². The maximum absolute atomic E-state index is 14.9. The number of halogens is 1.